The first-order valence-electron chi connectivity index (χ1n) is 13.9. The number of ether oxygens (including phenoxy) is 3. The molecule has 0 unspecified atom stereocenters. The van der Waals surface area contributed by atoms with E-state index < -0.39 is 23.3 Å². The van der Waals surface area contributed by atoms with Crippen molar-refractivity contribution in [2.75, 3.05) is 26.4 Å². The second kappa shape index (κ2) is 14.7. The summed E-state index contributed by atoms with van der Waals surface area (Å²) in [5.41, 5.74) is 3.77. The smallest absolute Gasteiger partial charge is 0.201 e. The van der Waals surface area contributed by atoms with Crippen molar-refractivity contribution >= 4 is 0 Å². The van der Waals surface area contributed by atoms with Gasteiger partial charge in [0.2, 0.25) is 11.6 Å². The van der Waals surface area contributed by atoms with Crippen LogP contribution in [0.1, 0.15) is 37.8 Å². The van der Waals surface area contributed by atoms with Crippen LogP contribution in [-0.4, -0.2) is 26.4 Å². The van der Waals surface area contributed by atoms with Crippen LogP contribution in [0.2, 0.25) is 0 Å². The summed E-state index contributed by atoms with van der Waals surface area (Å²) in [5, 5.41) is 0. The summed E-state index contributed by atoms with van der Waals surface area (Å²) in [7, 11) is 0. The molecule has 0 aliphatic rings. The normalized spacial score (nSPS) is 11.1. The molecule has 0 saturated heterocycles. The third-order valence-corrected chi connectivity index (χ3v) is 6.67. The Hall–Kier alpha value is -3.84. The highest BCUT2D eigenvalue weighted by molar-refractivity contribution is 5.66. The molecule has 0 aromatic heterocycles. The Morgan fingerprint density at radius 2 is 0.854 bits per heavy atom. The maximum Gasteiger partial charge on any atom is 0.201 e. The summed E-state index contributed by atoms with van der Waals surface area (Å²) in [4.78, 5) is 0. The number of halogens is 4. The zero-order valence-electron chi connectivity index (χ0n) is 23.3. The van der Waals surface area contributed by atoms with Gasteiger partial charge >= 0.3 is 0 Å². The molecule has 0 aliphatic heterocycles. The van der Waals surface area contributed by atoms with Crippen molar-refractivity contribution in [2.24, 2.45) is 0 Å². The molecule has 3 nitrogen and oxygen atoms in total. The van der Waals surface area contributed by atoms with Gasteiger partial charge in [-0.05, 0) is 59.4 Å². The molecule has 0 bridgehead atoms. The van der Waals surface area contributed by atoms with E-state index in [0.29, 0.717) is 11.1 Å². The van der Waals surface area contributed by atoms with E-state index in [2.05, 4.69) is 13.8 Å². The Morgan fingerprint density at radius 3 is 1.22 bits per heavy atom. The molecule has 0 heterocycles. The van der Waals surface area contributed by atoms with Gasteiger partial charge in [0.25, 0.3) is 0 Å². The molecule has 0 amide bonds. The molecule has 0 fully saturated rings. The summed E-state index contributed by atoms with van der Waals surface area (Å²) >= 11 is 0. The molecule has 4 aromatic carbocycles. The molecule has 4 aromatic rings. The topological polar surface area (TPSA) is 27.7 Å². The third-order valence-electron chi connectivity index (χ3n) is 6.67. The van der Waals surface area contributed by atoms with Crippen molar-refractivity contribution in [3.8, 4) is 33.8 Å². The number of benzene rings is 4. The fraction of sp³-hybridized carbons (Fsp3) is 0.294. The summed E-state index contributed by atoms with van der Waals surface area (Å²) in [6.07, 6.45) is 3.86. The summed E-state index contributed by atoms with van der Waals surface area (Å²) in [6, 6.07) is 20.5. The molecule has 216 valence electrons. The van der Waals surface area contributed by atoms with E-state index in [-0.39, 0.29) is 49.1 Å². The molecule has 0 radical (unpaired) electrons. The molecule has 0 spiro atoms. The number of hydrogen-bond donors (Lipinski definition) is 0. The Labute approximate surface area is 238 Å². The molecule has 0 saturated carbocycles. The fourth-order valence-electron chi connectivity index (χ4n) is 4.53. The third kappa shape index (κ3) is 7.67. The lowest BCUT2D eigenvalue weighted by Crippen LogP contribution is -2.13. The van der Waals surface area contributed by atoms with Gasteiger partial charge in [0, 0.05) is 11.1 Å². The first-order chi connectivity index (χ1) is 19.9. The highest BCUT2D eigenvalue weighted by Crippen LogP contribution is 2.31. The zero-order chi connectivity index (χ0) is 29.2. The molecule has 0 N–H and O–H groups in total. The Balaban J connectivity index is 1.22. The molecule has 41 heavy (non-hydrogen) atoms. The Kier molecular flexibility index (Phi) is 10.8. The molecule has 4 rings (SSSR count). The number of aryl methyl sites for hydroxylation is 2. The van der Waals surface area contributed by atoms with E-state index in [1.165, 1.54) is 24.3 Å². The number of hydrogen-bond acceptors (Lipinski definition) is 3. The summed E-state index contributed by atoms with van der Waals surface area (Å²) in [5.74, 6) is -4.52. The molecule has 7 heteroatoms. The van der Waals surface area contributed by atoms with Gasteiger partial charge in [-0.3, -0.25) is 0 Å². The van der Waals surface area contributed by atoms with Crippen molar-refractivity contribution in [3.63, 3.8) is 0 Å². The zero-order valence-corrected chi connectivity index (χ0v) is 23.3. The van der Waals surface area contributed by atoms with Gasteiger partial charge in [-0.15, -0.1) is 0 Å². The monoisotopic (exact) mass is 566 g/mol. The Bertz CT molecular complexity index is 1310. The van der Waals surface area contributed by atoms with Gasteiger partial charge in [0.05, 0.1) is 13.2 Å². The van der Waals surface area contributed by atoms with Gasteiger partial charge < -0.3 is 14.2 Å². The summed E-state index contributed by atoms with van der Waals surface area (Å²) < 4.78 is 74.7. The fourth-order valence-corrected chi connectivity index (χ4v) is 4.53. The van der Waals surface area contributed by atoms with Crippen LogP contribution in [-0.2, 0) is 17.6 Å². The quantitative estimate of drug-likeness (QED) is 0.113. The minimum atomic E-state index is -1.07. The average molecular weight is 567 g/mol. The van der Waals surface area contributed by atoms with Crippen LogP contribution in [0.3, 0.4) is 0 Å². The molecule has 0 atom stereocenters. The van der Waals surface area contributed by atoms with Crippen LogP contribution < -0.4 is 9.47 Å². The maximum atomic E-state index is 14.7. The second-order valence-electron chi connectivity index (χ2n) is 9.68. The van der Waals surface area contributed by atoms with Crippen molar-refractivity contribution in [1.29, 1.82) is 0 Å². The van der Waals surface area contributed by atoms with Crippen LogP contribution in [0, 0.1) is 23.3 Å². The average Bonchev–Trinajstić information content (AvgIpc) is 2.98. The first-order valence-corrected chi connectivity index (χ1v) is 13.9. The van der Waals surface area contributed by atoms with Gasteiger partial charge in [-0.25, -0.2) is 8.78 Å². The van der Waals surface area contributed by atoms with E-state index in [4.69, 9.17) is 14.2 Å². The predicted octanol–water partition coefficient (Wildman–Crippen LogP) is 8.96. The van der Waals surface area contributed by atoms with E-state index in [0.717, 1.165) is 36.8 Å². The maximum absolute atomic E-state index is 14.7. The number of rotatable bonds is 14. The standard InChI is InChI=1S/C34H34F4O3/c1-3-5-23-7-11-25(12-8-23)27-15-17-29(33(37)31(27)35)40-21-19-39-20-22-41-30-18-16-28(32(36)34(30)38)26-13-9-24(6-4-2)10-14-26/h7-18H,3-6,19-22H2,1-2H3. The van der Waals surface area contributed by atoms with Crippen LogP contribution in [0.5, 0.6) is 11.5 Å². The van der Waals surface area contributed by atoms with E-state index in [1.807, 2.05) is 24.3 Å². The Morgan fingerprint density at radius 1 is 0.463 bits per heavy atom. The van der Waals surface area contributed by atoms with Crippen LogP contribution >= 0.6 is 0 Å². The minimum absolute atomic E-state index is 0.0316. The first kappa shape index (κ1) is 30.1. The minimum Gasteiger partial charge on any atom is -0.488 e. The van der Waals surface area contributed by atoms with Crippen LogP contribution in [0.4, 0.5) is 17.6 Å². The van der Waals surface area contributed by atoms with Gasteiger partial charge in [-0.2, -0.15) is 8.78 Å². The summed E-state index contributed by atoms with van der Waals surface area (Å²) in [6.45, 7) is 4.23. The van der Waals surface area contributed by atoms with Gasteiger partial charge in [0.1, 0.15) is 13.2 Å². The van der Waals surface area contributed by atoms with Crippen LogP contribution in [0.25, 0.3) is 22.3 Å². The van der Waals surface area contributed by atoms with E-state index in [1.54, 1.807) is 24.3 Å². The predicted molar refractivity (Wildman–Crippen MR) is 153 cm³/mol. The highest BCUT2D eigenvalue weighted by atomic mass is 19.2. The molecular weight excluding hydrogens is 532 g/mol. The van der Waals surface area contributed by atoms with Gasteiger partial charge in [0.15, 0.2) is 23.1 Å². The van der Waals surface area contributed by atoms with Gasteiger partial charge in [-0.1, -0.05) is 75.2 Å². The van der Waals surface area contributed by atoms with E-state index >= 15 is 0 Å². The van der Waals surface area contributed by atoms with Crippen molar-refractivity contribution < 1.29 is 31.8 Å². The van der Waals surface area contributed by atoms with Crippen molar-refractivity contribution in [1.82, 2.24) is 0 Å². The lowest BCUT2D eigenvalue weighted by Gasteiger charge is -2.12. The lowest BCUT2D eigenvalue weighted by atomic mass is 10.0. The highest BCUT2D eigenvalue weighted by Gasteiger charge is 2.17. The molecule has 0 aliphatic carbocycles. The van der Waals surface area contributed by atoms with Crippen molar-refractivity contribution in [3.05, 3.63) is 107 Å². The molecular formula is C34H34F4O3. The van der Waals surface area contributed by atoms with Crippen molar-refractivity contribution in [2.45, 2.75) is 39.5 Å². The van der Waals surface area contributed by atoms with Crippen LogP contribution in [0.15, 0.2) is 72.8 Å². The second-order valence-corrected chi connectivity index (χ2v) is 9.68. The SMILES string of the molecule is CCCc1ccc(-c2ccc(OCCOCCOc3ccc(-c4ccc(CCC)cc4)c(F)c3F)c(F)c2F)cc1. The van der Waals surface area contributed by atoms with E-state index in [9.17, 15) is 17.6 Å². The lowest BCUT2D eigenvalue weighted by molar-refractivity contribution is 0.0741. The largest absolute Gasteiger partial charge is 0.488 e.